The van der Waals surface area contributed by atoms with Gasteiger partial charge in [0.05, 0.1) is 0 Å². The number of halogens is 1. The highest BCUT2D eigenvalue weighted by molar-refractivity contribution is 9.10. The number of anilines is 1. The van der Waals surface area contributed by atoms with Crippen molar-refractivity contribution in [2.45, 2.75) is 19.9 Å². The monoisotopic (exact) mass is 375 g/mol. The molecule has 3 N–H and O–H groups in total. The second-order valence-electron chi connectivity index (χ2n) is 5.05. The highest BCUT2D eigenvalue weighted by Gasteiger charge is 2.14. The van der Waals surface area contributed by atoms with Crippen LogP contribution in [-0.4, -0.2) is 19.5 Å². The maximum Gasteiger partial charge on any atom is 0.350 e. The van der Waals surface area contributed by atoms with Gasteiger partial charge in [-0.2, -0.15) is 4.98 Å². The van der Waals surface area contributed by atoms with E-state index in [-0.39, 0.29) is 16.9 Å². The van der Waals surface area contributed by atoms with Gasteiger partial charge in [-0.3, -0.25) is 9.36 Å². The van der Waals surface area contributed by atoms with E-state index in [9.17, 15) is 9.59 Å². The summed E-state index contributed by atoms with van der Waals surface area (Å²) in [6.45, 7) is 2.35. The number of fused-ring (bicyclic) bond motifs is 1. The fourth-order valence-corrected chi connectivity index (χ4v) is 2.75. The zero-order valence-corrected chi connectivity index (χ0v) is 13.9. The van der Waals surface area contributed by atoms with Crippen molar-refractivity contribution in [3.63, 3.8) is 0 Å². The van der Waals surface area contributed by atoms with E-state index in [4.69, 9.17) is 5.73 Å². The first-order valence-corrected chi connectivity index (χ1v) is 7.87. The minimum Gasteiger partial charge on any atom is -0.383 e. The predicted molar refractivity (Wildman–Crippen MR) is 92.3 cm³/mol. The minimum atomic E-state index is -0.542. The highest BCUT2D eigenvalue weighted by atomic mass is 79.9. The third-order valence-electron chi connectivity index (χ3n) is 3.41. The lowest BCUT2D eigenvalue weighted by molar-refractivity contribution is 0.649. The quantitative estimate of drug-likeness (QED) is 0.726. The van der Waals surface area contributed by atoms with E-state index in [2.05, 4.69) is 30.9 Å². The number of aromatic nitrogens is 4. The molecule has 3 aromatic rings. The fourth-order valence-electron chi connectivity index (χ4n) is 2.35. The number of rotatable bonds is 3. The number of nitrogen functional groups attached to an aromatic ring is 1. The Kier molecular flexibility index (Phi) is 3.99. The van der Waals surface area contributed by atoms with Gasteiger partial charge >= 0.3 is 5.69 Å². The van der Waals surface area contributed by atoms with Crippen molar-refractivity contribution < 1.29 is 0 Å². The molecule has 0 bridgehead atoms. The van der Waals surface area contributed by atoms with E-state index in [0.29, 0.717) is 12.4 Å². The molecule has 0 spiro atoms. The summed E-state index contributed by atoms with van der Waals surface area (Å²) in [7, 11) is 0. The van der Waals surface area contributed by atoms with Crippen molar-refractivity contribution >= 4 is 32.8 Å². The van der Waals surface area contributed by atoms with Crippen LogP contribution < -0.4 is 17.0 Å². The van der Waals surface area contributed by atoms with E-state index in [1.54, 1.807) is 0 Å². The molecule has 23 heavy (non-hydrogen) atoms. The van der Waals surface area contributed by atoms with Gasteiger partial charge in [0.25, 0.3) is 5.56 Å². The number of aromatic amines is 1. The van der Waals surface area contributed by atoms with Crippen LogP contribution in [-0.2, 0) is 6.54 Å². The number of benzene rings is 1. The Hall–Kier alpha value is -2.48. The van der Waals surface area contributed by atoms with Gasteiger partial charge in [0.15, 0.2) is 5.52 Å². The largest absolute Gasteiger partial charge is 0.383 e. The summed E-state index contributed by atoms with van der Waals surface area (Å²) in [5.41, 5.74) is 5.94. The van der Waals surface area contributed by atoms with Gasteiger partial charge in [0, 0.05) is 16.6 Å². The Morgan fingerprint density at radius 2 is 2.04 bits per heavy atom. The normalized spacial score (nSPS) is 11.0. The molecule has 0 saturated heterocycles. The average molecular weight is 376 g/mol. The maximum atomic E-state index is 12.3. The van der Waals surface area contributed by atoms with Crippen LogP contribution in [0.2, 0.25) is 0 Å². The van der Waals surface area contributed by atoms with E-state index in [1.165, 1.54) is 4.57 Å². The van der Waals surface area contributed by atoms with Crippen LogP contribution in [0.25, 0.3) is 22.4 Å². The summed E-state index contributed by atoms with van der Waals surface area (Å²) in [6.07, 6.45) is 0.721. The van der Waals surface area contributed by atoms with Crippen molar-refractivity contribution in [3.8, 4) is 11.4 Å². The number of H-pyrrole nitrogens is 1. The molecule has 1 aromatic carbocycles. The maximum absolute atomic E-state index is 12.3. The van der Waals surface area contributed by atoms with Crippen molar-refractivity contribution in [1.29, 1.82) is 0 Å². The molecular formula is C15H14BrN5O2. The van der Waals surface area contributed by atoms with Crippen LogP contribution in [0.15, 0.2) is 38.3 Å². The first-order chi connectivity index (χ1) is 11.0. The first-order valence-electron chi connectivity index (χ1n) is 7.07. The van der Waals surface area contributed by atoms with E-state index >= 15 is 0 Å². The lowest BCUT2D eigenvalue weighted by Crippen LogP contribution is -2.28. The highest BCUT2D eigenvalue weighted by Crippen LogP contribution is 2.21. The zero-order valence-electron chi connectivity index (χ0n) is 12.3. The molecule has 3 rings (SSSR count). The molecule has 0 aliphatic heterocycles. The van der Waals surface area contributed by atoms with E-state index in [0.717, 1.165) is 16.5 Å². The SMILES string of the molecule is CCCn1c(N)c2nc(-c3cccc(Br)c3)[nH]c(=O)c2nc1=O. The Morgan fingerprint density at radius 3 is 2.74 bits per heavy atom. The van der Waals surface area contributed by atoms with Crippen LogP contribution in [0, 0.1) is 0 Å². The third-order valence-corrected chi connectivity index (χ3v) is 3.91. The average Bonchev–Trinajstić information content (AvgIpc) is 2.52. The smallest absolute Gasteiger partial charge is 0.350 e. The molecular weight excluding hydrogens is 362 g/mol. The molecule has 0 aliphatic carbocycles. The molecule has 2 heterocycles. The molecule has 0 amide bonds. The van der Waals surface area contributed by atoms with Crippen LogP contribution in [0.3, 0.4) is 0 Å². The summed E-state index contributed by atoms with van der Waals surface area (Å²) in [5.74, 6) is 0.531. The van der Waals surface area contributed by atoms with Gasteiger partial charge in [-0.15, -0.1) is 0 Å². The number of hydrogen-bond acceptors (Lipinski definition) is 5. The predicted octanol–water partition coefficient (Wildman–Crippen LogP) is 1.90. The molecule has 0 saturated carbocycles. The molecule has 0 aliphatic rings. The van der Waals surface area contributed by atoms with Crippen LogP contribution in [0.1, 0.15) is 13.3 Å². The summed E-state index contributed by atoms with van der Waals surface area (Å²) in [4.78, 5) is 35.1. The minimum absolute atomic E-state index is 0.0430. The Labute approximate surface area is 139 Å². The van der Waals surface area contributed by atoms with Crippen LogP contribution in [0.5, 0.6) is 0 Å². The molecule has 7 nitrogen and oxygen atoms in total. The Balaban J connectivity index is 2.32. The van der Waals surface area contributed by atoms with Gasteiger partial charge in [-0.1, -0.05) is 35.0 Å². The topological polar surface area (TPSA) is 107 Å². The van der Waals surface area contributed by atoms with Crippen molar-refractivity contribution in [3.05, 3.63) is 49.6 Å². The van der Waals surface area contributed by atoms with Crippen LogP contribution >= 0.6 is 15.9 Å². The van der Waals surface area contributed by atoms with Crippen LogP contribution in [0.4, 0.5) is 5.82 Å². The van der Waals surface area contributed by atoms with Crippen molar-refractivity contribution in [2.75, 3.05) is 5.73 Å². The number of nitrogens with one attached hydrogen (secondary N) is 1. The van der Waals surface area contributed by atoms with E-state index in [1.807, 2.05) is 31.2 Å². The summed E-state index contributed by atoms with van der Waals surface area (Å²) in [6, 6.07) is 7.36. The fraction of sp³-hybridized carbons (Fsp3) is 0.200. The Bertz CT molecular complexity index is 1010. The van der Waals surface area contributed by atoms with Gasteiger partial charge in [0.1, 0.15) is 17.2 Å². The zero-order chi connectivity index (χ0) is 16.6. The van der Waals surface area contributed by atoms with E-state index < -0.39 is 11.2 Å². The van der Waals surface area contributed by atoms with Crippen molar-refractivity contribution in [1.82, 2.24) is 19.5 Å². The molecule has 118 valence electrons. The molecule has 8 heteroatoms. The second-order valence-corrected chi connectivity index (χ2v) is 5.97. The van der Waals surface area contributed by atoms with Gasteiger partial charge in [0.2, 0.25) is 0 Å². The lowest BCUT2D eigenvalue weighted by atomic mass is 10.2. The molecule has 0 fully saturated rings. The summed E-state index contributed by atoms with van der Waals surface area (Å²) in [5, 5.41) is 0. The number of hydrogen-bond donors (Lipinski definition) is 2. The Morgan fingerprint density at radius 1 is 1.26 bits per heavy atom. The second kappa shape index (κ2) is 5.96. The molecule has 2 aromatic heterocycles. The molecule has 0 atom stereocenters. The standard InChI is InChI=1S/C15H14BrN5O2/c1-2-6-21-12(17)10-11(19-15(21)23)14(22)20-13(18-10)8-4-3-5-9(16)7-8/h3-5,7H,2,6,17H2,1H3,(H,18,20,22). The number of nitrogens with two attached hydrogens (primary N) is 1. The summed E-state index contributed by atoms with van der Waals surface area (Å²) >= 11 is 3.38. The first kappa shape index (κ1) is 15.4. The van der Waals surface area contributed by atoms with Gasteiger partial charge < -0.3 is 10.7 Å². The van der Waals surface area contributed by atoms with Gasteiger partial charge in [-0.05, 0) is 18.6 Å². The molecule has 0 radical (unpaired) electrons. The molecule has 0 unspecified atom stereocenters. The lowest BCUT2D eigenvalue weighted by Gasteiger charge is -2.10. The van der Waals surface area contributed by atoms with Gasteiger partial charge in [-0.25, -0.2) is 9.78 Å². The third kappa shape index (κ3) is 2.77. The van der Waals surface area contributed by atoms with Crippen molar-refractivity contribution in [2.24, 2.45) is 0 Å². The summed E-state index contributed by atoms with van der Waals surface area (Å²) < 4.78 is 2.19. The number of nitrogens with zero attached hydrogens (tertiary/aromatic N) is 3.